The van der Waals surface area contributed by atoms with Crippen LogP contribution in [0.3, 0.4) is 0 Å². The van der Waals surface area contributed by atoms with Crippen LogP contribution in [-0.2, 0) is 6.42 Å². The predicted octanol–water partition coefficient (Wildman–Crippen LogP) is 4.41. The fourth-order valence-electron chi connectivity index (χ4n) is 3.59. The van der Waals surface area contributed by atoms with Gasteiger partial charge in [-0.15, -0.1) is 0 Å². The molecule has 2 heterocycles. The molecule has 1 aromatic heterocycles. The van der Waals surface area contributed by atoms with Gasteiger partial charge in [0.1, 0.15) is 0 Å². The van der Waals surface area contributed by atoms with E-state index in [0.29, 0.717) is 12.4 Å². The van der Waals surface area contributed by atoms with Gasteiger partial charge >= 0.3 is 0 Å². The Hall–Kier alpha value is -2.31. The normalized spacial score (nSPS) is 14.3. The summed E-state index contributed by atoms with van der Waals surface area (Å²) in [6.07, 6.45) is 0.575. The lowest BCUT2D eigenvalue weighted by Gasteiger charge is -2.36. The molecule has 150 valence electrons. The van der Waals surface area contributed by atoms with E-state index in [1.807, 2.05) is 55.5 Å². The zero-order valence-corrected chi connectivity index (χ0v) is 18.5. The summed E-state index contributed by atoms with van der Waals surface area (Å²) >= 11 is 9.42. The first-order valence-corrected chi connectivity index (χ1v) is 10.8. The minimum Gasteiger partial charge on any atom is -0.368 e. The van der Waals surface area contributed by atoms with Crippen molar-refractivity contribution in [1.82, 2.24) is 9.97 Å². The highest BCUT2D eigenvalue weighted by Crippen LogP contribution is 2.21. The van der Waals surface area contributed by atoms with Crippen LogP contribution in [0.15, 0.2) is 57.8 Å². The van der Waals surface area contributed by atoms with Gasteiger partial charge in [-0.1, -0.05) is 39.7 Å². The van der Waals surface area contributed by atoms with Crippen molar-refractivity contribution in [3.05, 3.63) is 85.2 Å². The fraction of sp³-hybridized carbons (Fsp3) is 0.273. The number of rotatable bonds is 4. The molecule has 0 spiro atoms. The van der Waals surface area contributed by atoms with Crippen LogP contribution < -0.4 is 15.4 Å². The summed E-state index contributed by atoms with van der Waals surface area (Å²) in [4.78, 5) is 24.9. The topological polar surface area (TPSA) is 52.2 Å². The van der Waals surface area contributed by atoms with E-state index in [2.05, 4.69) is 30.7 Å². The Morgan fingerprint density at radius 2 is 1.62 bits per heavy atom. The van der Waals surface area contributed by atoms with E-state index in [4.69, 9.17) is 16.6 Å². The van der Waals surface area contributed by atoms with Gasteiger partial charge in [-0.2, -0.15) is 0 Å². The van der Waals surface area contributed by atoms with Crippen LogP contribution in [0.5, 0.6) is 0 Å². The summed E-state index contributed by atoms with van der Waals surface area (Å²) in [5, 5.41) is 0.743. The first-order valence-electron chi connectivity index (χ1n) is 9.59. The number of aromatic amines is 1. The second-order valence-electron chi connectivity index (χ2n) is 7.21. The molecule has 1 saturated heterocycles. The molecule has 0 bridgehead atoms. The maximum Gasteiger partial charge on any atom is 0.256 e. The van der Waals surface area contributed by atoms with Gasteiger partial charge in [0.05, 0.1) is 5.69 Å². The van der Waals surface area contributed by atoms with Crippen molar-refractivity contribution in [3.8, 4) is 0 Å². The summed E-state index contributed by atoms with van der Waals surface area (Å²) in [7, 11) is 0. The Balaban J connectivity index is 1.46. The highest BCUT2D eigenvalue weighted by Gasteiger charge is 2.20. The van der Waals surface area contributed by atoms with Crippen LogP contribution in [0.1, 0.15) is 16.8 Å². The van der Waals surface area contributed by atoms with Gasteiger partial charge in [-0.25, -0.2) is 4.98 Å². The van der Waals surface area contributed by atoms with E-state index >= 15 is 0 Å². The fourth-order valence-corrected chi connectivity index (χ4v) is 3.98. The molecule has 0 amide bonds. The minimum absolute atomic E-state index is 0.0597. The van der Waals surface area contributed by atoms with Gasteiger partial charge in [0.2, 0.25) is 5.95 Å². The van der Waals surface area contributed by atoms with E-state index in [9.17, 15) is 4.79 Å². The molecule has 0 aliphatic carbocycles. The van der Waals surface area contributed by atoms with Crippen molar-refractivity contribution in [3.63, 3.8) is 0 Å². The molecule has 4 rings (SSSR count). The first kappa shape index (κ1) is 20.0. The lowest BCUT2D eigenvalue weighted by molar-refractivity contribution is 0.637. The van der Waals surface area contributed by atoms with Crippen molar-refractivity contribution in [2.45, 2.75) is 13.3 Å². The maximum absolute atomic E-state index is 12.7. The molecule has 1 aliphatic heterocycles. The van der Waals surface area contributed by atoms with E-state index in [0.717, 1.165) is 58.2 Å². The maximum atomic E-state index is 12.7. The van der Waals surface area contributed by atoms with Crippen LogP contribution in [0, 0.1) is 6.92 Å². The average molecular weight is 474 g/mol. The third-order valence-electron chi connectivity index (χ3n) is 5.27. The highest BCUT2D eigenvalue weighted by molar-refractivity contribution is 9.10. The molecule has 7 heteroatoms. The van der Waals surface area contributed by atoms with Crippen molar-refractivity contribution >= 4 is 39.2 Å². The summed E-state index contributed by atoms with van der Waals surface area (Å²) in [6.45, 7) is 5.25. The van der Waals surface area contributed by atoms with E-state index in [1.165, 1.54) is 0 Å². The molecule has 0 radical (unpaired) electrons. The summed E-state index contributed by atoms with van der Waals surface area (Å²) in [6, 6.07) is 15.9. The minimum atomic E-state index is -0.0597. The molecule has 29 heavy (non-hydrogen) atoms. The highest BCUT2D eigenvalue weighted by atomic mass is 79.9. The van der Waals surface area contributed by atoms with Crippen LogP contribution in [0.25, 0.3) is 0 Å². The Kier molecular flexibility index (Phi) is 5.92. The van der Waals surface area contributed by atoms with Crippen molar-refractivity contribution in [2.75, 3.05) is 36.0 Å². The largest absolute Gasteiger partial charge is 0.368 e. The number of aromatic nitrogens is 2. The smallest absolute Gasteiger partial charge is 0.256 e. The Bertz CT molecular complexity index is 1040. The zero-order chi connectivity index (χ0) is 20.4. The third-order valence-corrected chi connectivity index (χ3v) is 6.06. The number of nitrogens with zero attached hydrogens (tertiary/aromatic N) is 3. The molecule has 0 unspecified atom stereocenters. The number of hydrogen-bond donors (Lipinski definition) is 1. The molecule has 1 fully saturated rings. The van der Waals surface area contributed by atoms with E-state index in [1.54, 1.807) is 0 Å². The Labute approximate surface area is 183 Å². The van der Waals surface area contributed by atoms with Gasteiger partial charge < -0.3 is 9.80 Å². The standard InChI is InChI=1S/C22H22BrClN4O/c1-15-20(14-16-2-4-17(23)5-3-16)21(29)26-22(25-15)28-12-10-27(11-13-28)19-8-6-18(24)7-9-19/h2-9H,10-14H2,1H3,(H,25,26,29). The van der Waals surface area contributed by atoms with Crippen molar-refractivity contribution < 1.29 is 0 Å². The van der Waals surface area contributed by atoms with Gasteiger partial charge in [0.15, 0.2) is 0 Å². The number of piperazine rings is 1. The number of hydrogen-bond acceptors (Lipinski definition) is 4. The number of aryl methyl sites for hydroxylation is 1. The average Bonchev–Trinajstić information content (AvgIpc) is 2.73. The lowest BCUT2D eigenvalue weighted by Crippen LogP contribution is -2.47. The second-order valence-corrected chi connectivity index (χ2v) is 8.56. The molecular formula is C22H22BrClN4O. The Morgan fingerprint density at radius 3 is 2.24 bits per heavy atom. The summed E-state index contributed by atoms with van der Waals surface area (Å²) in [5.41, 5.74) is 3.70. The monoisotopic (exact) mass is 472 g/mol. The van der Waals surface area contributed by atoms with Crippen LogP contribution >= 0.6 is 27.5 Å². The number of benzene rings is 2. The molecule has 2 aromatic carbocycles. The van der Waals surface area contributed by atoms with Crippen molar-refractivity contribution in [2.24, 2.45) is 0 Å². The SMILES string of the molecule is Cc1nc(N2CCN(c3ccc(Cl)cc3)CC2)[nH]c(=O)c1Cc1ccc(Br)cc1. The number of anilines is 2. The van der Waals surface area contributed by atoms with Crippen LogP contribution in [0.2, 0.25) is 5.02 Å². The molecule has 5 nitrogen and oxygen atoms in total. The van der Waals surface area contributed by atoms with Gasteiger partial charge in [0, 0.05) is 53.3 Å². The number of H-pyrrole nitrogens is 1. The van der Waals surface area contributed by atoms with E-state index < -0.39 is 0 Å². The number of halogens is 2. The Morgan fingerprint density at radius 1 is 1.00 bits per heavy atom. The molecule has 0 atom stereocenters. The van der Waals surface area contributed by atoms with Gasteiger partial charge in [-0.05, 0) is 48.9 Å². The van der Waals surface area contributed by atoms with E-state index in [-0.39, 0.29) is 5.56 Å². The first-order chi connectivity index (χ1) is 14.0. The quantitative estimate of drug-likeness (QED) is 0.610. The molecule has 0 saturated carbocycles. The summed E-state index contributed by atoms with van der Waals surface area (Å²) < 4.78 is 1.03. The van der Waals surface area contributed by atoms with Crippen LogP contribution in [-0.4, -0.2) is 36.1 Å². The summed E-state index contributed by atoms with van der Waals surface area (Å²) in [5.74, 6) is 0.655. The lowest BCUT2D eigenvalue weighted by atomic mass is 10.1. The van der Waals surface area contributed by atoms with Crippen LogP contribution in [0.4, 0.5) is 11.6 Å². The second kappa shape index (κ2) is 8.59. The number of nitrogens with one attached hydrogen (secondary N) is 1. The molecular weight excluding hydrogens is 452 g/mol. The molecule has 1 aliphatic rings. The molecule has 3 aromatic rings. The third kappa shape index (κ3) is 4.65. The van der Waals surface area contributed by atoms with Gasteiger partial charge in [0.25, 0.3) is 5.56 Å². The zero-order valence-electron chi connectivity index (χ0n) is 16.2. The van der Waals surface area contributed by atoms with Crippen molar-refractivity contribution in [1.29, 1.82) is 0 Å². The predicted molar refractivity (Wildman–Crippen MR) is 122 cm³/mol. The molecule has 1 N–H and O–H groups in total. The van der Waals surface area contributed by atoms with Gasteiger partial charge in [-0.3, -0.25) is 9.78 Å².